The molecule has 0 spiro atoms. The van der Waals surface area contributed by atoms with Crippen LogP contribution in [0, 0.1) is 0 Å². The van der Waals surface area contributed by atoms with E-state index in [1.807, 2.05) is 0 Å². The summed E-state index contributed by atoms with van der Waals surface area (Å²) in [7, 11) is -3.32. The highest BCUT2D eigenvalue weighted by Gasteiger charge is 2.26. The Morgan fingerprint density at radius 1 is 1.33 bits per heavy atom. The van der Waals surface area contributed by atoms with Gasteiger partial charge in [-0.2, -0.15) is 0 Å². The molecular formula is C10H14BrNO2S. The van der Waals surface area contributed by atoms with Crippen molar-refractivity contribution in [2.24, 2.45) is 5.73 Å². The number of benzene rings is 1. The molecule has 84 valence electrons. The SMILES string of the molecule is CC(N)C(C)S(=O)(=O)c1cccc(Br)c1. The molecule has 1 aromatic rings. The number of hydrogen-bond donors (Lipinski definition) is 1. The zero-order valence-electron chi connectivity index (χ0n) is 8.64. The van der Waals surface area contributed by atoms with E-state index in [4.69, 9.17) is 5.73 Å². The van der Waals surface area contributed by atoms with Crippen LogP contribution in [0.25, 0.3) is 0 Å². The summed E-state index contributed by atoms with van der Waals surface area (Å²) < 4.78 is 24.8. The van der Waals surface area contributed by atoms with Crippen LogP contribution in [0.15, 0.2) is 33.6 Å². The molecule has 2 atom stereocenters. The number of sulfone groups is 1. The molecule has 0 aliphatic rings. The molecule has 0 fully saturated rings. The summed E-state index contributed by atoms with van der Waals surface area (Å²) in [5, 5.41) is -0.577. The van der Waals surface area contributed by atoms with Gasteiger partial charge in [-0.05, 0) is 32.0 Å². The third-order valence-electron chi connectivity index (χ3n) is 2.35. The number of rotatable bonds is 3. The molecule has 2 unspecified atom stereocenters. The van der Waals surface area contributed by atoms with Crippen LogP contribution in [-0.2, 0) is 9.84 Å². The van der Waals surface area contributed by atoms with Crippen LogP contribution in [0.2, 0.25) is 0 Å². The minimum Gasteiger partial charge on any atom is -0.327 e. The van der Waals surface area contributed by atoms with E-state index in [1.165, 1.54) is 0 Å². The number of nitrogens with two attached hydrogens (primary N) is 1. The van der Waals surface area contributed by atoms with E-state index in [0.29, 0.717) is 4.90 Å². The molecule has 15 heavy (non-hydrogen) atoms. The zero-order chi connectivity index (χ0) is 11.6. The first kappa shape index (κ1) is 12.7. The van der Waals surface area contributed by atoms with Gasteiger partial charge < -0.3 is 5.73 Å². The van der Waals surface area contributed by atoms with E-state index in [1.54, 1.807) is 38.1 Å². The third kappa shape index (κ3) is 2.80. The molecule has 2 N–H and O–H groups in total. The van der Waals surface area contributed by atoms with E-state index in [0.717, 1.165) is 4.47 Å². The molecule has 0 amide bonds. The van der Waals surface area contributed by atoms with Crippen molar-refractivity contribution in [3.63, 3.8) is 0 Å². The maximum absolute atomic E-state index is 12.0. The van der Waals surface area contributed by atoms with Crippen molar-refractivity contribution in [2.45, 2.75) is 30.0 Å². The van der Waals surface area contributed by atoms with Gasteiger partial charge >= 0.3 is 0 Å². The maximum atomic E-state index is 12.0. The molecule has 0 saturated carbocycles. The Hall–Kier alpha value is -0.390. The topological polar surface area (TPSA) is 60.2 Å². The van der Waals surface area contributed by atoms with Gasteiger partial charge in [0.05, 0.1) is 10.1 Å². The largest absolute Gasteiger partial charge is 0.327 e. The van der Waals surface area contributed by atoms with Crippen LogP contribution in [-0.4, -0.2) is 19.7 Å². The van der Waals surface area contributed by atoms with Gasteiger partial charge in [0.2, 0.25) is 0 Å². The summed E-state index contributed by atoms with van der Waals surface area (Å²) in [6, 6.07) is 6.28. The lowest BCUT2D eigenvalue weighted by Crippen LogP contribution is -2.35. The first-order valence-electron chi connectivity index (χ1n) is 4.60. The lowest BCUT2D eigenvalue weighted by molar-refractivity contribution is 0.568. The zero-order valence-corrected chi connectivity index (χ0v) is 11.0. The second-order valence-electron chi connectivity index (χ2n) is 3.57. The minimum absolute atomic E-state index is 0.307. The van der Waals surface area contributed by atoms with E-state index in [9.17, 15) is 8.42 Å². The highest BCUT2D eigenvalue weighted by atomic mass is 79.9. The molecule has 0 aliphatic carbocycles. The van der Waals surface area contributed by atoms with Crippen LogP contribution in [0.5, 0.6) is 0 Å². The predicted octanol–water partition coefficient (Wildman–Crippen LogP) is 1.96. The first-order chi connectivity index (χ1) is 6.85. The number of hydrogen-bond acceptors (Lipinski definition) is 3. The van der Waals surface area contributed by atoms with Crippen LogP contribution in [0.3, 0.4) is 0 Å². The molecule has 0 bridgehead atoms. The fraction of sp³-hybridized carbons (Fsp3) is 0.400. The highest BCUT2D eigenvalue weighted by molar-refractivity contribution is 9.10. The summed E-state index contributed by atoms with van der Waals surface area (Å²) in [6.45, 7) is 3.32. The summed E-state index contributed by atoms with van der Waals surface area (Å²) >= 11 is 3.25. The van der Waals surface area contributed by atoms with Gasteiger partial charge in [0, 0.05) is 10.5 Å². The smallest absolute Gasteiger partial charge is 0.182 e. The second-order valence-corrected chi connectivity index (χ2v) is 6.79. The van der Waals surface area contributed by atoms with Crippen molar-refractivity contribution in [1.29, 1.82) is 0 Å². The van der Waals surface area contributed by atoms with Crippen molar-refractivity contribution < 1.29 is 8.42 Å². The average molecular weight is 292 g/mol. The molecule has 5 heteroatoms. The maximum Gasteiger partial charge on any atom is 0.182 e. The standard InChI is InChI=1S/C10H14BrNO2S/c1-7(12)8(2)15(13,14)10-5-3-4-9(11)6-10/h3-8H,12H2,1-2H3. The van der Waals surface area contributed by atoms with Crippen molar-refractivity contribution in [2.75, 3.05) is 0 Å². The molecule has 3 nitrogen and oxygen atoms in total. The second kappa shape index (κ2) is 4.63. The van der Waals surface area contributed by atoms with Gasteiger partial charge in [0.15, 0.2) is 9.84 Å². The molecule has 0 saturated heterocycles. The Morgan fingerprint density at radius 2 is 1.93 bits per heavy atom. The number of halogens is 1. The predicted molar refractivity (Wildman–Crippen MR) is 64.4 cm³/mol. The Labute approximate surface area is 98.7 Å². The van der Waals surface area contributed by atoms with Crippen LogP contribution < -0.4 is 5.73 Å². The van der Waals surface area contributed by atoms with Crippen molar-refractivity contribution in [1.82, 2.24) is 0 Å². The van der Waals surface area contributed by atoms with Crippen molar-refractivity contribution in [3.8, 4) is 0 Å². The van der Waals surface area contributed by atoms with E-state index < -0.39 is 15.1 Å². The van der Waals surface area contributed by atoms with Crippen LogP contribution >= 0.6 is 15.9 Å². The highest BCUT2D eigenvalue weighted by Crippen LogP contribution is 2.21. The van der Waals surface area contributed by atoms with Gasteiger partial charge in [-0.25, -0.2) is 8.42 Å². The molecule has 0 aromatic heterocycles. The molecule has 1 rings (SSSR count). The van der Waals surface area contributed by atoms with Crippen LogP contribution in [0.4, 0.5) is 0 Å². The van der Waals surface area contributed by atoms with E-state index in [2.05, 4.69) is 15.9 Å². The molecule has 0 radical (unpaired) electrons. The normalized spacial score (nSPS) is 16.0. The molecule has 0 aliphatic heterocycles. The summed E-state index contributed by atoms with van der Waals surface area (Å²) in [5.74, 6) is 0. The van der Waals surface area contributed by atoms with Crippen LogP contribution in [0.1, 0.15) is 13.8 Å². The fourth-order valence-corrected chi connectivity index (χ4v) is 3.25. The Balaban J connectivity index is 3.17. The van der Waals surface area contributed by atoms with Gasteiger partial charge in [0.25, 0.3) is 0 Å². The van der Waals surface area contributed by atoms with Gasteiger partial charge in [-0.1, -0.05) is 22.0 Å². The quantitative estimate of drug-likeness (QED) is 0.926. The fourth-order valence-electron chi connectivity index (χ4n) is 1.14. The van der Waals surface area contributed by atoms with E-state index in [-0.39, 0.29) is 6.04 Å². The molecule has 1 aromatic carbocycles. The van der Waals surface area contributed by atoms with Crippen molar-refractivity contribution >= 4 is 25.8 Å². The molecule has 0 heterocycles. The van der Waals surface area contributed by atoms with Crippen molar-refractivity contribution in [3.05, 3.63) is 28.7 Å². The summed E-state index contributed by atoms with van der Waals surface area (Å²) in [4.78, 5) is 0.307. The lowest BCUT2D eigenvalue weighted by atomic mass is 10.3. The average Bonchev–Trinajstić information content (AvgIpc) is 2.16. The first-order valence-corrected chi connectivity index (χ1v) is 6.94. The third-order valence-corrected chi connectivity index (χ3v) is 5.17. The monoisotopic (exact) mass is 291 g/mol. The lowest BCUT2D eigenvalue weighted by Gasteiger charge is -2.16. The van der Waals surface area contributed by atoms with Gasteiger partial charge in [-0.15, -0.1) is 0 Å². The van der Waals surface area contributed by atoms with Gasteiger partial charge in [-0.3, -0.25) is 0 Å². The minimum atomic E-state index is -3.32. The summed E-state index contributed by atoms with van der Waals surface area (Å²) in [5.41, 5.74) is 5.61. The Bertz CT molecular complexity index is 442. The Kier molecular flexibility index (Phi) is 3.92. The van der Waals surface area contributed by atoms with E-state index >= 15 is 0 Å². The Morgan fingerprint density at radius 3 is 2.40 bits per heavy atom. The molecular weight excluding hydrogens is 278 g/mol. The summed E-state index contributed by atoms with van der Waals surface area (Å²) in [6.07, 6.45) is 0. The van der Waals surface area contributed by atoms with Gasteiger partial charge in [0.1, 0.15) is 0 Å².